The van der Waals surface area contributed by atoms with Crippen molar-refractivity contribution >= 4 is 6.08 Å². The molecule has 14 heavy (non-hydrogen) atoms. The molecule has 1 N–H and O–H groups in total. The molecule has 1 atom stereocenters. The average molecular weight is 200 g/mol. The van der Waals surface area contributed by atoms with Gasteiger partial charge in [0.15, 0.2) is 0 Å². The number of alkyl halides is 3. The van der Waals surface area contributed by atoms with Gasteiger partial charge in [0.05, 0.1) is 11.7 Å². The molecule has 1 aliphatic rings. The fourth-order valence-corrected chi connectivity index (χ4v) is 1.57. The molecule has 0 amide bonds. The number of aliphatic hydroxyl groups is 1. The standard InChI is InChI=1S/C10H7F3O/c11-10(12,13)8-3-1-2-7-6(8)4-5-9(7)14/h1-5,9,14H/t9-/m0/s1. The van der Waals surface area contributed by atoms with Gasteiger partial charge in [0.2, 0.25) is 0 Å². The average Bonchev–Trinajstić information content (AvgIpc) is 2.46. The Hall–Kier alpha value is -1.29. The lowest BCUT2D eigenvalue weighted by molar-refractivity contribution is -0.137. The molecule has 1 aromatic carbocycles. The van der Waals surface area contributed by atoms with E-state index in [2.05, 4.69) is 0 Å². The van der Waals surface area contributed by atoms with Gasteiger partial charge in [-0.05, 0) is 17.2 Å². The summed E-state index contributed by atoms with van der Waals surface area (Å²) in [6.07, 6.45) is -2.62. The Morgan fingerprint density at radius 2 is 1.93 bits per heavy atom. The van der Waals surface area contributed by atoms with Crippen LogP contribution in [0.1, 0.15) is 22.8 Å². The quantitative estimate of drug-likeness (QED) is 0.682. The van der Waals surface area contributed by atoms with E-state index in [1.807, 2.05) is 0 Å². The molecule has 74 valence electrons. The zero-order valence-corrected chi connectivity index (χ0v) is 7.05. The van der Waals surface area contributed by atoms with Crippen LogP contribution in [-0.2, 0) is 6.18 Å². The molecule has 4 heteroatoms. The van der Waals surface area contributed by atoms with Crippen LogP contribution in [0.4, 0.5) is 13.2 Å². The van der Waals surface area contributed by atoms with Gasteiger partial charge in [-0.25, -0.2) is 0 Å². The fraction of sp³-hybridized carbons (Fsp3) is 0.200. The molecular formula is C10H7F3O. The summed E-state index contributed by atoms with van der Waals surface area (Å²) in [7, 11) is 0. The zero-order valence-electron chi connectivity index (χ0n) is 7.05. The van der Waals surface area contributed by atoms with E-state index >= 15 is 0 Å². The second-order valence-corrected chi connectivity index (χ2v) is 3.11. The highest BCUT2D eigenvalue weighted by atomic mass is 19.4. The summed E-state index contributed by atoms with van der Waals surface area (Å²) >= 11 is 0. The Morgan fingerprint density at radius 3 is 2.57 bits per heavy atom. The third-order valence-electron chi connectivity index (χ3n) is 2.21. The molecule has 0 spiro atoms. The lowest BCUT2D eigenvalue weighted by atomic mass is 10.0. The van der Waals surface area contributed by atoms with E-state index in [1.165, 1.54) is 24.3 Å². The summed E-state index contributed by atoms with van der Waals surface area (Å²) in [6, 6.07) is 3.81. The molecule has 0 aliphatic heterocycles. The number of hydrogen-bond acceptors (Lipinski definition) is 1. The normalized spacial score (nSPS) is 19.9. The highest BCUT2D eigenvalue weighted by Crippen LogP contribution is 2.38. The first-order chi connectivity index (χ1) is 6.50. The van der Waals surface area contributed by atoms with Gasteiger partial charge >= 0.3 is 6.18 Å². The Kier molecular flexibility index (Phi) is 1.89. The Morgan fingerprint density at radius 1 is 1.21 bits per heavy atom. The van der Waals surface area contributed by atoms with Crippen LogP contribution in [0.15, 0.2) is 24.3 Å². The second-order valence-electron chi connectivity index (χ2n) is 3.11. The van der Waals surface area contributed by atoms with Gasteiger partial charge in [0, 0.05) is 0 Å². The van der Waals surface area contributed by atoms with E-state index in [0.29, 0.717) is 5.56 Å². The van der Waals surface area contributed by atoms with Crippen molar-refractivity contribution in [2.24, 2.45) is 0 Å². The molecule has 1 aromatic rings. The van der Waals surface area contributed by atoms with Crippen molar-refractivity contribution < 1.29 is 18.3 Å². The van der Waals surface area contributed by atoms with Gasteiger partial charge in [0.25, 0.3) is 0 Å². The summed E-state index contributed by atoms with van der Waals surface area (Å²) in [5.74, 6) is 0. The van der Waals surface area contributed by atoms with Crippen molar-refractivity contribution in [1.82, 2.24) is 0 Å². The van der Waals surface area contributed by atoms with E-state index in [1.54, 1.807) is 0 Å². The van der Waals surface area contributed by atoms with Crippen molar-refractivity contribution in [3.8, 4) is 0 Å². The molecule has 0 heterocycles. The number of aliphatic hydroxyl groups excluding tert-OH is 1. The first-order valence-electron chi connectivity index (χ1n) is 4.06. The maximum Gasteiger partial charge on any atom is 0.416 e. The SMILES string of the molecule is O[C@H]1C=Cc2c1cccc2C(F)(F)F. The van der Waals surface area contributed by atoms with Crippen molar-refractivity contribution in [1.29, 1.82) is 0 Å². The summed E-state index contributed by atoms with van der Waals surface area (Å²) in [5.41, 5.74) is -0.296. The number of hydrogen-bond donors (Lipinski definition) is 1. The molecule has 2 rings (SSSR count). The number of fused-ring (bicyclic) bond motifs is 1. The number of halogens is 3. The largest absolute Gasteiger partial charge is 0.416 e. The summed E-state index contributed by atoms with van der Waals surface area (Å²) in [4.78, 5) is 0. The minimum Gasteiger partial charge on any atom is -0.384 e. The molecule has 0 saturated heterocycles. The smallest absolute Gasteiger partial charge is 0.384 e. The van der Waals surface area contributed by atoms with Crippen LogP contribution in [-0.4, -0.2) is 5.11 Å². The van der Waals surface area contributed by atoms with Crippen LogP contribution >= 0.6 is 0 Å². The predicted molar refractivity (Wildman–Crippen MR) is 45.4 cm³/mol. The van der Waals surface area contributed by atoms with Crippen molar-refractivity contribution in [2.75, 3.05) is 0 Å². The minimum atomic E-state index is -4.36. The molecule has 0 unspecified atom stereocenters. The maximum atomic E-state index is 12.5. The second kappa shape index (κ2) is 2.85. The van der Waals surface area contributed by atoms with Gasteiger partial charge in [0.1, 0.15) is 0 Å². The van der Waals surface area contributed by atoms with Crippen molar-refractivity contribution in [3.63, 3.8) is 0 Å². The summed E-state index contributed by atoms with van der Waals surface area (Å²) < 4.78 is 37.4. The van der Waals surface area contributed by atoms with Gasteiger partial charge in [-0.15, -0.1) is 0 Å². The number of benzene rings is 1. The van der Waals surface area contributed by atoms with Gasteiger partial charge in [-0.2, -0.15) is 13.2 Å². The number of rotatable bonds is 0. The molecule has 0 radical (unpaired) electrons. The lowest BCUT2D eigenvalue weighted by Gasteiger charge is -2.11. The van der Waals surface area contributed by atoms with E-state index in [0.717, 1.165) is 6.07 Å². The van der Waals surface area contributed by atoms with Crippen LogP contribution in [0, 0.1) is 0 Å². The minimum absolute atomic E-state index is 0.0764. The molecule has 0 bridgehead atoms. The van der Waals surface area contributed by atoms with E-state index in [9.17, 15) is 18.3 Å². The van der Waals surface area contributed by atoms with Crippen molar-refractivity contribution in [2.45, 2.75) is 12.3 Å². The molecule has 0 saturated carbocycles. The first-order valence-corrected chi connectivity index (χ1v) is 4.06. The predicted octanol–water partition coefficient (Wildman–Crippen LogP) is 2.77. The van der Waals surface area contributed by atoms with Crippen LogP contribution in [0.25, 0.3) is 6.08 Å². The van der Waals surface area contributed by atoms with Crippen LogP contribution in [0.2, 0.25) is 0 Å². The summed E-state index contributed by atoms with van der Waals surface area (Å²) in [6.45, 7) is 0. The molecule has 1 nitrogen and oxygen atoms in total. The van der Waals surface area contributed by atoms with E-state index < -0.39 is 17.8 Å². The van der Waals surface area contributed by atoms with E-state index in [4.69, 9.17) is 0 Å². The molecule has 0 aromatic heterocycles. The Balaban J connectivity index is 2.60. The van der Waals surface area contributed by atoms with Gasteiger partial charge in [-0.3, -0.25) is 0 Å². The molecule has 1 aliphatic carbocycles. The monoisotopic (exact) mass is 200 g/mol. The first kappa shape index (κ1) is 9.27. The van der Waals surface area contributed by atoms with Crippen LogP contribution in [0.5, 0.6) is 0 Å². The Labute approximate surface area is 78.5 Å². The van der Waals surface area contributed by atoms with Gasteiger partial charge < -0.3 is 5.11 Å². The summed E-state index contributed by atoms with van der Waals surface area (Å²) in [5, 5.41) is 9.32. The highest BCUT2D eigenvalue weighted by molar-refractivity contribution is 5.65. The third-order valence-corrected chi connectivity index (χ3v) is 2.21. The molecular weight excluding hydrogens is 193 g/mol. The zero-order chi connectivity index (χ0) is 10.3. The third kappa shape index (κ3) is 1.32. The van der Waals surface area contributed by atoms with Crippen LogP contribution < -0.4 is 0 Å². The fourth-order valence-electron chi connectivity index (χ4n) is 1.57. The van der Waals surface area contributed by atoms with Crippen LogP contribution in [0.3, 0.4) is 0 Å². The topological polar surface area (TPSA) is 20.2 Å². The highest BCUT2D eigenvalue weighted by Gasteiger charge is 2.35. The lowest BCUT2D eigenvalue weighted by Crippen LogP contribution is -2.08. The molecule has 0 fully saturated rings. The Bertz CT molecular complexity index is 393. The van der Waals surface area contributed by atoms with E-state index in [-0.39, 0.29) is 5.56 Å². The maximum absolute atomic E-state index is 12.5. The van der Waals surface area contributed by atoms with Crippen molar-refractivity contribution in [3.05, 3.63) is 41.0 Å². The van der Waals surface area contributed by atoms with Gasteiger partial charge in [-0.1, -0.05) is 24.3 Å².